The molecule has 1 aromatic carbocycles. The zero-order chi connectivity index (χ0) is 15.8. The fourth-order valence-electron chi connectivity index (χ4n) is 3.43. The predicted molar refractivity (Wildman–Crippen MR) is 93.7 cm³/mol. The summed E-state index contributed by atoms with van der Waals surface area (Å²) in [6.07, 6.45) is 6.31. The number of rotatable bonds is 6. The standard InChI is InChI=1S/C17H23BrN4O/c1-21-9-2-3-13(21)8-10-23-15-7-6-14-17(16(15)18)19-20-22(14)11-12-4-5-12/h6-7,12-13H,2-5,8-11H2,1H3. The van der Waals surface area contributed by atoms with Crippen LogP contribution in [0.3, 0.4) is 0 Å². The lowest BCUT2D eigenvalue weighted by molar-refractivity contribution is 0.233. The Balaban J connectivity index is 1.44. The fraction of sp³-hybridized carbons (Fsp3) is 0.647. The average Bonchev–Trinajstić information content (AvgIpc) is 3.12. The van der Waals surface area contributed by atoms with Crippen LogP contribution < -0.4 is 4.74 Å². The lowest BCUT2D eigenvalue weighted by Gasteiger charge is -2.19. The summed E-state index contributed by atoms with van der Waals surface area (Å²) in [4.78, 5) is 2.44. The molecule has 124 valence electrons. The molecule has 0 spiro atoms. The fourth-order valence-corrected chi connectivity index (χ4v) is 3.96. The van der Waals surface area contributed by atoms with Crippen LogP contribution in [0.1, 0.15) is 32.1 Å². The first kappa shape index (κ1) is 15.4. The minimum atomic E-state index is 0.664. The smallest absolute Gasteiger partial charge is 0.135 e. The number of benzene rings is 1. The molecule has 0 N–H and O–H groups in total. The second kappa shape index (κ2) is 6.40. The Morgan fingerprint density at radius 1 is 1.30 bits per heavy atom. The second-order valence-electron chi connectivity index (χ2n) is 6.87. The maximum Gasteiger partial charge on any atom is 0.135 e. The van der Waals surface area contributed by atoms with Crippen molar-refractivity contribution in [2.45, 2.75) is 44.7 Å². The van der Waals surface area contributed by atoms with Gasteiger partial charge in [0.05, 0.1) is 16.6 Å². The largest absolute Gasteiger partial charge is 0.492 e. The van der Waals surface area contributed by atoms with Crippen molar-refractivity contribution in [3.8, 4) is 5.75 Å². The maximum absolute atomic E-state index is 6.01. The molecular weight excluding hydrogens is 356 g/mol. The summed E-state index contributed by atoms with van der Waals surface area (Å²) >= 11 is 3.65. The van der Waals surface area contributed by atoms with Crippen LogP contribution in [0.15, 0.2) is 16.6 Å². The third kappa shape index (κ3) is 3.24. The molecule has 2 heterocycles. The highest BCUT2D eigenvalue weighted by molar-refractivity contribution is 9.10. The molecule has 1 aliphatic heterocycles. The summed E-state index contributed by atoms with van der Waals surface area (Å²) in [6.45, 7) is 2.94. The molecule has 1 saturated carbocycles. The van der Waals surface area contributed by atoms with Crippen molar-refractivity contribution in [3.63, 3.8) is 0 Å². The van der Waals surface area contributed by atoms with E-state index in [1.165, 1.54) is 32.2 Å². The highest BCUT2D eigenvalue weighted by atomic mass is 79.9. The van der Waals surface area contributed by atoms with Crippen molar-refractivity contribution in [1.82, 2.24) is 19.9 Å². The van der Waals surface area contributed by atoms with Gasteiger partial charge in [-0.15, -0.1) is 5.10 Å². The average molecular weight is 379 g/mol. The monoisotopic (exact) mass is 378 g/mol. The van der Waals surface area contributed by atoms with E-state index in [2.05, 4.69) is 44.3 Å². The summed E-state index contributed by atoms with van der Waals surface area (Å²) in [5.74, 6) is 1.66. The summed E-state index contributed by atoms with van der Waals surface area (Å²) in [5, 5.41) is 8.64. The van der Waals surface area contributed by atoms with E-state index < -0.39 is 0 Å². The molecule has 1 saturated heterocycles. The first-order valence-electron chi connectivity index (χ1n) is 8.57. The van der Waals surface area contributed by atoms with E-state index >= 15 is 0 Å². The van der Waals surface area contributed by atoms with E-state index in [0.717, 1.165) is 46.7 Å². The van der Waals surface area contributed by atoms with Crippen molar-refractivity contribution >= 4 is 27.0 Å². The summed E-state index contributed by atoms with van der Waals surface area (Å²) < 4.78 is 8.96. The van der Waals surface area contributed by atoms with Gasteiger partial charge >= 0.3 is 0 Å². The highest BCUT2D eigenvalue weighted by Crippen LogP contribution is 2.35. The quantitative estimate of drug-likeness (QED) is 0.771. The number of ether oxygens (including phenoxy) is 1. The van der Waals surface area contributed by atoms with Crippen molar-refractivity contribution in [3.05, 3.63) is 16.6 Å². The molecule has 1 atom stereocenters. The minimum Gasteiger partial charge on any atom is -0.492 e. The van der Waals surface area contributed by atoms with E-state index in [1.807, 2.05) is 10.7 Å². The molecule has 23 heavy (non-hydrogen) atoms. The molecule has 4 rings (SSSR count). The van der Waals surface area contributed by atoms with Gasteiger partial charge in [0, 0.05) is 12.6 Å². The molecule has 1 aliphatic carbocycles. The number of fused-ring (bicyclic) bond motifs is 1. The molecule has 2 aliphatic rings. The molecule has 1 aromatic heterocycles. The Morgan fingerprint density at radius 3 is 2.91 bits per heavy atom. The van der Waals surface area contributed by atoms with Gasteiger partial charge in [0.2, 0.25) is 0 Å². The molecular formula is C17H23BrN4O. The highest BCUT2D eigenvalue weighted by Gasteiger charge is 2.24. The van der Waals surface area contributed by atoms with Gasteiger partial charge in [0.15, 0.2) is 0 Å². The molecule has 1 unspecified atom stereocenters. The Labute approximate surface area is 145 Å². The lowest BCUT2D eigenvalue weighted by Crippen LogP contribution is -2.26. The number of likely N-dealkylation sites (tertiary alicyclic amines) is 1. The Bertz CT molecular complexity index is 697. The third-order valence-corrected chi connectivity index (χ3v) is 5.86. The van der Waals surface area contributed by atoms with E-state index in [1.54, 1.807) is 0 Å². The number of halogens is 1. The summed E-state index contributed by atoms with van der Waals surface area (Å²) in [7, 11) is 2.21. The van der Waals surface area contributed by atoms with Crippen LogP contribution in [-0.4, -0.2) is 46.1 Å². The van der Waals surface area contributed by atoms with Crippen LogP contribution in [0.2, 0.25) is 0 Å². The van der Waals surface area contributed by atoms with Gasteiger partial charge in [-0.2, -0.15) is 0 Å². The van der Waals surface area contributed by atoms with E-state index in [4.69, 9.17) is 4.74 Å². The zero-order valence-electron chi connectivity index (χ0n) is 13.5. The SMILES string of the molecule is CN1CCCC1CCOc1ccc2c(nnn2CC2CC2)c1Br. The van der Waals surface area contributed by atoms with E-state index in [-0.39, 0.29) is 0 Å². The van der Waals surface area contributed by atoms with Gasteiger partial charge in [-0.1, -0.05) is 5.21 Å². The van der Waals surface area contributed by atoms with Gasteiger partial charge in [-0.05, 0) is 79.7 Å². The molecule has 5 nitrogen and oxygen atoms in total. The van der Waals surface area contributed by atoms with Gasteiger partial charge in [-0.3, -0.25) is 0 Å². The van der Waals surface area contributed by atoms with Crippen molar-refractivity contribution < 1.29 is 4.74 Å². The lowest BCUT2D eigenvalue weighted by atomic mass is 10.1. The van der Waals surface area contributed by atoms with Gasteiger partial charge in [-0.25, -0.2) is 4.68 Å². The van der Waals surface area contributed by atoms with Crippen LogP contribution in [0.25, 0.3) is 11.0 Å². The first-order valence-corrected chi connectivity index (χ1v) is 9.36. The number of nitrogens with zero attached hydrogens (tertiary/aromatic N) is 4. The predicted octanol–water partition coefficient (Wildman–Crippen LogP) is 3.47. The molecule has 6 heteroatoms. The summed E-state index contributed by atoms with van der Waals surface area (Å²) in [5.41, 5.74) is 1.99. The van der Waals surface area contributed by atoms with Crippen LogP contribution in [0.5, 0.6) is 5.75 Å². The molecule has 0 bridgehead atoms. The normalized spacial score (nSPS) is 22.1. The van der Waals surface area contributed by atoms with Gasteiger partial charge in [0.1, 0.15) is 11.3 Å². The molecule has 0 radical (unpaired) electrons. The van der Waals surface area contributed by atoms with Gasteiger partial charge < -0.3 is 9.64 Å². The van der Waals surface area contributed by atoms with E-state index in [9.17, 15) is 0 Å². The number of hydrogen-bond donors (Lipinski definition) is 0. The minimum absolute atomic E-state index is 0.664. The third-order valence-electron chi connectivity index (χ3n) is 5.10. The maximum atomic E-state index is 6.01. The Morgan fingerprint density at radius 2 is 2.17 bits per heavy atom. The topological polar surface area (TPSA) is 43.2 Å². The number of aromatic nitrogens is 3. The van der Waals surface area contributed by atoms with Gasteiger partial charge in [0.25, 0.3) is 0 Å². The van der Waals surface area contributed by atoms with Crippen molar-refractivity contribution in [2.75, 3.05) is 20.2 Å². The van der Waals surface area contributed by atoms with Crippen LogP contribution in [-0.2, 0) is 6.54 Å². The second-order valence-corrected chi connectivity index (χ2v) is 7.67. The molecule has 0 amide bonds. The van der Waals surface area contributed by atoms with Crippen LogP contribution in [0, 0.1) is 5.92 Å². The van der Waals surface area contributed by atoms with Crippen molar-refractivity contribution in [1.29, 1.82) is 0 Å². The van der Waals surface area contributed by atoms with Crippen molar-refractivity contribution in [2.24, 2.45) is 5.92 Å². The zero-order valence-corrected chi connectivity index (χ0v) is 15.1. The Hall–Kier alpha value is -1.14. The summed E-state index contributed by atoms with van der Waals surface area (Å²) in [6, 6.07) is 4.79. The molecule has 2 aromatic rings. The van der Waals surface area contributed by atoms with Crippen LogP contribution in [0.4, 0.5) is 0 Å². The van der Waals surface area contributed by atoms with E-state index in [0.29, 0.717) is 6.04 Å². The van der Waals surface area contributed by atoms with Crippen LogP contribution >= 0.6 is 15.9 Å². The molecule has 2 fully saturated rings. The first-order chi connectivity index (χ1) is 11.2. The number of hydrogen-bond acceptors (Lipinski definition) is 4. The Kier molecular flexibility index (Phi) is 4.28.